The molecule has 0 aliphatic rings. The molecule has 1 atom stereocenters. The van der Waals surface area contributed by atoms with E-state index in [4.69, 9.17) is 14.5 Å². The monoisotopic (exact) mass is 596 g/mol. The molecule has 0 amide bonds. The van der Waals surface area contributed by atoms with Gasteiger partial charge in [-0.15, -0.1) is 0 Å². The van der Waals surface area contributed by atoms with E-state index in [0.717, 1.165) is 16.2 Å². The number of rotatable bonds is 10. The van der Waals surface area contributed by atoms with Gasteiger partial charge in [0, 0.05) is 31.8 Å². The number of carbonyl (C=O) groups is 1. The molecule has 0 saturated heterocycles. The molecule has 0 aliphatic heterocycles. The van der Waals surface area contributed by atoms with Gasteiger partial charge in [0.25, 0.3) is 0 Å². The Hall–Kier alpha value is -4.43. The maximum absolute atomic E-state index is 12.5. The Bertz CT molecular complexity index is 1850. The van der Waals surface area contributed by atoms with Gasteiger partial charge in [-0.2, -0.15) is 5.26 Å². The molecule has 0 saturated carbocycles. The van der Waals surface area contributed by atoms with Crippen molar-refractivity contribution >= 4 is 36.1 Å². The molecule has 43 heavy (non-hydrogen) atoms. The molecule has 9 nitrogen and oxygen atoms in total. The average molecular weight is 597 g/mol. The number of carboxylic acid groups (broad SMARTS) is 1. The average Bonchev–Trinajstić information content (AvgIpc) is 3.57. The lowest BCUT2D eigenvalue weighted by Crippen LogP contribution is -2.30. The van der Waals surface area contributed by atoms with Gasteiger partial charge in [-0.25, -0.2) is 9.78 Å². The second-order valence-electron chi connectivity index (χ2n) is 12.2. The maximum Gasteiger partial charge on any atom is 0.416 e. The third kappa shape index (κ3) is 6.06. The van der Waals surface area contributed by atoms with Crippen molar-refractivity contribution in [2.75, 3.05) is 6.61 Å². The Labute approximate surface area is 251 Å². The summed E-state index contributed by atoms with van der Waals surface area (Å²) >= 11 is 0. The molecule has 0 radical (unpaired) electrons. The van der Waals surface area contributed by atoms with Gasteiger partial charge in [0.1, 0.15) is 30.5 Å². The van der Waals surface area contributed by atoms with Crippen molar-refractivity contribution in [2.45, 2.75) is 58.5 Å². The van der Waals surface area contributed by atoms with Crippen molar-refractivity contribution in [3.05, 3.63) is 94.9 Å². The minimum Gasteiger partial charge on any atom is -0.488 e. The second kappa shape index (κ2) is 11.7. The van der Waals surface area contributed by atoms with Crippen LogP contribution in [0.4, 0.5) is 4.79 Å². The number of benzene rings is 3. The number of imidazole rings is 1. The van der Waals surface area contributed by atoms with E-state index in [1.54, 1.807) is 37.3 Å². The summed E-state index contributed by atoms with van der Waals surface area (Å²) in [5, 5.41) is 32.5. The summed E-state index contributed by atoms with van der Waals surface area (Å²) in [6.07, 6.45) is 0.344. The molecule has 0 spiro atoms. The van der Waals surface area contributed by atoms with E-state index in [1.807, 2.05) is 41.8 Å². The molecule has 2 aromatic heterocycles. The zero-order valence-electron chi connectivity index (χ0n) is 25.1. The van der Waals surface area contributed by atoms with Crippen LogP contribution < -0.4 is 4.74 Å². The first kappa shape index (κ1) is 30.0. The maximum atomic E-state index is 12.5. The van der Waals surface area contributed by atoms with Crippen LogP contribution in [0.5, 0.6) is 5.75 Å². The molecule has 5 rings (SSSR count). The molecule has 0 aliphatic carbocycles. The fourth-order valence-electron chi connectivity index (χ4n) is 5.36. The SMILES string of the molecule is Cc1cc(OCc2ccccc2)c(C(C)(O)c2nc3cc(C#N)ccc3n2COCC[Si](C)(C)C)c2ccn(C(=O)O)c12. The molecular weight excluding hydrogens is 560 g/mol. The summed E-state index contributed by atoms with van der Waals surface area (Å²) in [5.41, 5.74) is 2.43. The van der Waals surface area contributed by atoms with E-state index in [9.17, 15) is 20.3 Å². The Balaban J connectivity index is 1.69. The highest BCUT2D eigenvalue weighted by Gasteiger charge is 2.38. The van der Waals surface area contributed by atoms with Crippen molar-refractivity contribution in [2.24, 2.45) is 0 Å². The lowest BCUT2D eigenvalue weighted by Gasteiger charge is -2.28. The van der Waals surface area contributed by atoms with Crippen LogP contribution in [-0.2, 0) is 23.7 Å². The van der Waals surface area contributed by atoms with Crippen molar-refractivity contribution in [3.63, 3.8) is 0 Å². The number of nitrogens with zero attached hydrogens (tertiary/aromatic N) is 4. The Morgan fingerprint density at radius 1 is 1.12 bits per heavy atom. The van der Waals surface area contributed by atoms with Crippen LogP contribution in [0.25, 0.3) is 21.9 Å². The highest BCUT2D eigenvalue weighted by molar-refractivity contribution is 6.76. The first-order chi connectivity index (χ1) is 20.4. The zero-order chi connectivity index (χ0) is 30.9. The van der Waals surface area contributed by atoms with Crippen LogP contribution >= 0.6 is 0 Å². The van der Waals surface area contributed by atoms with Gasteiger partial charge in [0.05, 0.1) is 28.2 Å². The molecule has 5 aromatic rings. The fourth-order valence-corrected chi connectivity index (χ4v) is 6.12. The van der Waals surface area contributed by atoms with Crippen LogP contribution in [0.2, 0.25) is 25.7 Å². The molecule has 222 valence electrons. The third-order valence-electron chi connectivity index (χ3n) is 7.58. The Kier molecular flexibility index (Phi) is 8.16. The number of aromatic nitrogens is 3. The number of fused-ring (bicyclic) bond motifs is 2. The third-order valence-corrected chi connectivity index (χ3v) is 9.29. The molecule has 1 unspecified atom stereocenters. The molecule has 2 heterocycles. The Morgan fingerprint density at radius 3 is 2.53 bits per heavy atom. The minimum atomic E-state index is -1.75. The summed E-state index contributed by atoms with van der Waals surface area (Å²) < 4.78 is 15.5. The van der Waals surface area contributed by atoms with E-state index in [0.29, 0.717) is 56.8 Å². The van der Waals surface area contributed by atoms with Crippen molar-refractivity contribution in [1.82, 2.24) is 14.1 Å². The number of hydrogen-bond acceptors (Lipinski definition) is 6. The lowest BCUT2D eigenvalue weighted by molar-refractivity contribution is 0.0553. The smallest absolute Gasteiger partial charge is 0.416 e. The topological polar surface area (TPSA) is 123 Å². The molecule has 0 fully saturated rings. The number of aliphatic hydroxyl groups is 1. The largest absolute Gasteiger partial charge is 0.488 e. The molecule has 10 heteroatoms. The van der Waals surface area contributed by atoms with Gasteiger partial charge in [-0.05, 0) is 61.4 Å². The summed E-state index contributed by atoms with van der Waals surface area (Å²) in [4.78, 5) is 17.0. The van der Waals surface area contributed by atoms with Crippen LogP contribution in [0.3, 0.4) is 0 Å². The normalized spacial score (nSPS) is 13.2. The first-order valence-electron chi connectivity index (χ1n) is 14.2. The first-order valence-corrected chi connectivity index (χ1v) is 17.9. The standard InChI is InChI=1S/C33H36N4O5Si/c1-22-17-28(42-20-23-9-7-6-8-10-23)29(25-13-14-36(30(22)25)32(38)39)33(2,40)31-35-26-18-24(19-34)11-12-27(26)37(31)21-41-15-16-43(3,4)5/h6-14,17-18,40H,15-16,20-21H2,1-5H3,(H,38,39). The number of nitriles is 1. The zero-order valence-corrected chi connectivity index (χ0v) is 26.1. The van der Waals surface area contributed by atoms with Crippen LogP contribution in [0.1, 0.15) is 35.0 Å². The minimum absolute atomic E-state index is 0.143. The molecular formula is C33H36N4O5Si. The van der Waals surface area contributed by atoms with Crippen LogP contribution in [-0.4, -0.2) is 45.1 Å². The predicted octanol–water partition coefficient (Wildman–Crippen LogP) is 6.84. The summed E-state index contributed by atoms with van der Waals surface area (Å²) in [6.45, 7) is 11.3. The molecule has 3 aromatic carbocycles. The van der Waals surface area contributed by atoms with E-state index < -0.39 is 19.8 Å². The van der Waals surface area contributed by atoms with Gasteiger partial charge in [-0.3, -0.25) is 4.57 Å². The predicted molar refractivity (Wildman–Crippen MR) is 168 cm³/mol. The van der Waals surface area contributed by atoms with Crippen LogP contribution in [0, 0.1) is 18.3 Å². The Morgan fingerprint density at radius 2 is 1.86 bits per heavy atom. The second-order valence-corrected chi connectivity index (χ2v) is 17.8. The van der Waals surface area contributed by atoms with E-state index >= 15 is 0 Å². The number of aryl methyl sites for hydroxylation is 1. The van der Waals surface area contributed by atoms with Gasteiger partial charge in [0.15, 0.2) is 0 Å². The van der Waals surface area contributed by atoms with Crippen molar-refractivity contribution in [1.29, 1.82) is 5.26 Å². The summed E-state index contributed by atoms with van der Waals surface area (Å²) in [5.74, 6) is 0.710. The van der Waals surface area contributed by atoms with Crippen LogP contribution in [0.15, 0.2) is 66.9 Å². The molecule has 2 N–H and O–H groups in total. The highest BCUT2D eigenvalue weighted by atomic mass is 28.3. The van der Waals surface area contributed by atoms with Gasteiger partial charge in [-0.1, -0.05) is 50.0 Å². The summed E-state index contributed by atoms with van der Waals surface area (Å²) in [6, 6.07) is 21.5. The number of ether oxygens (including phenoxy) is 2. The summed E-state index contributed by atoms with van der Waals surface area (Å²) in [7, 11) is -1.34. The molecule has 0 bridgehead atoms. The van der Waals surface area contributed by atoms with Gasteiger partial charge in [0.2, 0.25) is 0 Å². The van der Waals surface area contributed by atoms with Gasteiger partial charge < -0.3 is 24.3 Å². The number of hydrogen-bond donors (Lipinski definition) is 2. The lowest BCUT2D eigenvalue weighted by atomic mass is 9.89. The van der Waals surface area contributed by atoms with Crippen molar-refractivity contribution < 1.29 is 24.5 Å². The van der Waals surface area contributed by atoms with E-state index in [2.05, 4.69) is 25.7 Å². The van der Waals surface area contributed by atoms with Gasteiger partial charge >= 0.3 is 6.09 Å². The fraction of sp³-hybridized carbons (Fsp3) is 0.303. The van der Waals surface area contributed by atoms with E-state index in [1.165, 1.54) is 6.20 Å². The quantitative estimate of drug-likeness (QED) is 0.134. The van der Waals surface area contributed by atoms with Crippen molar-refractivity contribution in [3.8, 4) is 11.8 Å². The van der Waals surface area contributed by atoms with E-state index in [-0.39, 0.29) is 13.3 Å². The highest BCUT2D eigenvalue weighted by Crippen LogP contribution is 2.43.